The van der Waals surface area contributed by atoms with Gasteiger partial charge in [-0.25, -0.2) is 0 Å². The van der Waals surface area contributed by atoms with Crippen LogP contribution in [-0.2, 0) is 0 Å². The first-order chi connectivity index (χ1) is 16.1. The van der Waals surface area contributed by atoms with E-state index in [0.29, 0.717) is 22.8 Å². The minimum absolute atomic E-state index is 0.570. The minimum atomic E-state index is -4.05. The lowest BCUT2D eigenvalue weighted by Gasteiger charge is -2.34. The molecule has 0 amide bonds. The van der Waals surface area contributed by atoms with Crippen LogP contribution >= 0.6 is 31.9 Å². The number of aromatic nitrogens is 1. The summed E-state index contributed by atoms with van der Waals surface area (Å²) in [6.45, 7) is 3.41. The predicted octanol–water partition coefficient (Wildman–Crippen LogP) is 8.15. The topological polar surface area (TPSA) is 7.94 Å². The second kappa shape index (κ2) is 8.31. The van der Waals surface area contributed by atoms with Gasteiger partial charge in [0.2, 0.25) is 0 Å². The molecular weight excluding hydrogens is 561 g/mol. The van der Waals surface area contributed by atoms with Crippen molar-refractivity contribution in [2.24, 2.45) is 0 Å². The lowest BCUT2D eigenvalue weighted by atomic mass is 9.84. The van der Waals surface area contributed by atoms with Crippen LogP contribution < -0.4 is 0 Å². The molecule has 0 saturated heterocycles. The SMILES string of the molecule is CC1=C(c2ccc(C=C(Br)Br)cc2)C(C)=[N+]2C1=C(c1ccccc1)c1c(C)cc(C)n1[B-]2(F)F. The molecule has 0 saturated carbocycles. The van der Waals surface area contributed by atoms with Crippen molar-refractivity contribution in [1.82, 2.24) is 4.48 Å². The molecule has 1 aromatic heterocycles. The lowest BCUT2D eigenvalue weighted by Crippen LogP contribution is -2.51. The van der Waals surface area contributed by atoms with E-state index in [-0.39, 0.29) is 0 Å². The molecule has 0 spiro atoms. The zero-order chi connectivity index (χ0) is 24.4. The van der Waals surface area contributed by atoms with E-state index in [1.807, 2.05) is 87.5 Å². The fourth-order valence-electron chi connectivity index (χ4n) is 5.49. The number of halogens is 4. The monoisotopic (exact) mass is 582 g/mol. The Morgan fingerprint density at radius 2 is 1.50 bits per heavy atom. The van der Waals surface area contributed by atoms with Gasteiger partial charge in [0.25, 0.3) is 0 Å². The summed E-state index contributed by atoms with van der Waals surface area (Å²) < 4.78 is 36.0. The Morgan fingerprint density at radius 3 is 2.12 bits per heavy atom. The second-order valence-electron chi connectivity index (χ2n) is 8.88. The Hall–Kier alpha value is -2.51. The van der Waals surface area contributed by atoms with Crippen molar-refractivity contribution in [2.75, 3.05) is 0 Å². The van der Waals surface area contributed by atoms with Gasteiger partial charge in [-0.05, 0) is 92.7 Å². The molecule has 0 unspecified atom stereocenters. The summed E-state index contributed by atoms with van der Waals surface area (Å²) in [5, 5.41) is 0. The van der Waals surface area contributed by atoms with Crippen LogP contribution in [0.1, 0.15) is 47.5 Å². The number of hydrogen-bond donors (Lipinski definition) is 0. The van der Waals surface area contributed by atoms with Gasteiger partial charge in [0.1, 0.15) is 5.71 Å². The normalized spacial score (nSPS) is 16.7. The number of nitrogens with zero attached hydrogens (tertiary/aromatic N) is 2. The highest BCUT2D eigenvalue weighted by Crippen LogP contribution is 2.47. The molecule has 0 radical (unpaired) electrons. The molecule has 2 aliphatic heterocycles. The van der Waals surface area contributed by atoms with Crippen LogP contribution in [0.5, 0.6) is 0 Å². The van der Waals surface area contributed by atoms with Crippen molar-refractivity contribution < 1.29 is 13.1 Å². The maximum absolute atomic E-state index is 16.3. The molecule has 0 fully saturated rings. The van der Waals surface area contributed by atoms with Crippen molar-refractivity contribution in [3.63, 3.8) is 0 Å². The van der Waals surface area contributed by atoms with Gasteiger partial charge in [-0.2, -0.15) is 0 Å². The molecule has 34 heavy (non-hydrogen) atoms. The fraction of sp³-hybridized carbons (Fsp3) is 0.148. The molecule has 0 atom stereocenters. The first-order valence-corrected chi connectivity index (χ1v) is 12.7. The van der Waals surface area contributed by atoms with Gasteiger partial charge in [0.05, 0.1) is 14.5 Å². The minimum Gasteiger partial charge on any atom is -0.393 e. The van der Waals surface area contributed by atoms with E-state index in [4.69, 9.17) is 0 Å². The number of hydrogen-bond acceptors (Lipinski definition) is 0. The molecular formula is C27H23BBr2F2N2. The number of fused-ring (bicyclic) bond motifs is 2. The van der Waals surface area contributed by atoms with Crippen molar-refractivity contribution in [2.45, 2.75) is 27.7 Å². The highest BCUT2D eigenvalue weighted by Gasteiger charge is 2.56. The Kier molecular flexibility index (Phi) is 5.68. The summed E-state index contributed by atoms with van der Waals surface area (Å²) in [6.07, 6.45) is 1.95. The van der Waals surface area contributed by atoms with Crippen molar-refractivity contribution in [1.29, 1.82) is 0 Å². The van der Waals surface area contributed by atoms with E-state index in [0.717, 1.165) is 42.4 Å². The maximum Gasteiger partial charge on any atom is 0.737 e. The largest absolute Gasteiger partial charge is 0.737 e. The maximum atomic E-state index is 16.3. The summed E-state index contributed by atoms with van der Waals surface area (Å²) >= 11 is 6.78. The fourth-order valence-corrected chi connectivity index (χ4v) is 6.02. The van der Waals surface area contributed by atoms with Gasteiger partial charge in [-0.15, -0.1) is 0 Å². The third kappa shape index (κ3) is 3.44. The standard InChI is InChI=1S/C27H23BBr2F2N2/c1-16-14-17(2)33-26(16)25(21-8-6-5-7-9-21)27-18(3)24(19(4)34(27)28(33,31)32)22-12-10-20(11-13-22)15-23(29)30/h5-15H,1-4H3. The number of benzene rings is 2. The molecule has 2 nitrogen and oxygen atoms in total. The Morgan fingerprint density at radius 1 is 0.882 bits per heavy atom. The van der Waals surface area contributed by atoms with Gasteiger partial charge >= 0.3 is 6.97 Å². The summed E-state index contributed by atoms with van der Waals surface area (Å²) in [4.78, 5) is 0. The van der Waals surface area contributed by atoms with Gasteiger partial charge in [0, 0.05) is 18.2 Å². The van der Waals surface area contributed by atoms with Crippen LogP contribution in [-0.4, -0.2) is 21.6 Å². The average molecular weight is 584 g/mol. The van der Waals surface area contributed by atoms with E-state index in [1.165, 1.54) is 8.96 Å². The van der Waals surface area contributed by atoms with E-state index >= 15 is 8.63 Å². The molecule has 3 heterocycles. The molecule has 0 aliphatic carbocycles. The van der Waals surface area contributed by atoms with E-state index in [2.05, 4.69) is 31.9 Å². The lowest BCUT2D eigenvalue weighted by molar-refractivity contribution is -0.363. The summed E-state index contributed by atoms with van der Waals surface area (Å²) in [6, 6.07) is 19.7. The summed E-state index contributed by atoms with van der Waals surface area (Å²) in [7, 11) is 0. The molecule has 2 aromatic carbocycles. The molecule has 0 bridgehead atoms. The number of aryl methyl sites for hydroxylation is 2. The summed E-state index contributed by atoms with van der Waals surface area (Å²) in [5.41, 5.74) is 8.68. The Balaban J connectivity index is 1.84. The van der Waals surface area contributed by atoms with Crippen molar-refractivity contribution in [3.05, 3.63) is 109 Å². The summed E-state index contributed by atoms with van der Waals surface area (Å²) in [5.74, 6) is 0. The molecule has 5 rings (SSSR count). The van der Waals surface area contributed by atoms with Crippen LogP contribution in [0.15, 0.2) is 75.3 Å². The Labute approximate surface area is 215 Å². The predicted molar refractivity (Wildman–Crippen MR) is 146 cm³/mol. The number of rotatable bonds is 3. The van der Waals surface area contributed by atoms with Crippen LogP contribution in [0.4, 0.5) is 8.63 Å². The van der Waals surface area contributed by atoms with Gasteiger partial charge in [-0.3, -0.25) is 0 Å². The smallest absolute Gasteiger partial charge is 0.393 e. The Bertz CT molecular complexity index is 1460. The van der Waals surface area contributed by atoms with Crippen LogP contribution in [0, 0.1) is 13.8 Å². The quantitative estimate of drug-likeness (QED) is 0.275. The van der Waals surface area contributed by atoms with Crippen molar-refractivity contribution in [3.8, 4) is 0 Å². The van der Waals surface area contributed by atoms with E-state index in [1.54, 1.807) is 6.92 Å². The molecule has 3 aromatic rings. The van der Waals surface area contributed by atoms with Gasteiger partial charge < -0.3 is 17.6 Å². The average Bonchev–Trinajstić information content (AvgIpc) is 3.23. The van der Waals surface area contributed by atoms with Crippen LogP contribution in [0.25, 0.3) is 17.2 Å². The zero-order valence-corrected chi connectivity index (χ0v) is 22.5. The van der Waals surface area contributed by atoms with Gasteiger partial charge in [0.15, 0.2) is 5.70 Å². The third-order valence-electron chi connectivity index (χ3n) is 6.75. The molecule has 2 aliphatic rings. The first-order valence-electron chi connectivity index (χ1n) is 11.1. The van der Waals surface area contributed by atoms with E-state index in [9.17, 15) is 0 Å². The second-order valence-corrected chi connectivity index (χ2v) is 11.6. The highest BCUT2D eigenvalue weighted by molar-refractivity contribution is 9.28. The van der Waals surface area contributed by atoms with E-state index < -0.39 is 6.97 Å². The van der Waals surface area contributed by atoms with Crippen LogP contribution in [0.3, 0.4) is 0 Å². The van der Waals surface area contributed by atoms with Crippen molar-refractivity contribution >= 4 is 61.8 Å². The highest BCUT2D eigenvalue weighted by atomic mass is 79.9. The molecule has 7 heteroatoms. The molecule has 0 N–H and O–H groups in total. The third-order valence-corrected chi connectivity index (χ3v) is 7.20. The number of allylic oxidation sites excluding steroid dienone is 2. The van der Waals surface area contributed by atoms with Gasteiger partial charge in [-0.1, -0.05) is 54.6 Å². The zero-order valence-electron chi connectivity index (χ0n) is 19.3. The van der Waals surface area contributed by atoms with Crippen LogP contribution in [0.2, 0.25) is 0 Å². The molecule has 172 valence electrons. The first kappa shape index (κ1) is 23.2.